The lowest BCUT2D eigenvalue weighted by Crippen LogP contribution is -2.96. The number of hydroxylamine groups is 2. The van der Waals surface area contributed by atoms with Crippen molar-refractivity contribution in [2.75, 3.05) is 0 Å². The van der Waals surface area contributed by atoms with Gasteiger partial charge in [-0.15, -0.1) is 0 Å². The van der Waals surface area contributed by atoms with E-state index in [9.17, 15) is 5.21 Å². The monoisotopic (exact) mass is 96.0 g/mol. The van der Waals surface area contributed by atoms with E-state index in [1.165, 1.54) is 6.20 Å². The molecular formula is C5H6NO. The number of allylic oxidation sites excluding steroid dienone is 2. The predicted octanol–water partition coefficient (Wildman–Crippen LogP) is -0.397. The number of quaternary nitrogens is 1. The van der Waals surface area contributed by atoms with Crippen LogP contribution in [0, 0.1) is 11.4 Å². The maximum absolute atomic E-state index is 10.2. The lowest BCUT2D eigenvalue weighted by Gasteiger charge is -2.02. The molecule has 2 heteroatoms. The Labute approximate surface area is 42.3 Å². The summed E-state index contributed by atoms with van der Waals surface area (Å²) in [5, 5.41) is 10.2. The number of rotatable bonds is 0. The highest BCUT2D eigenvalue weighted by atomic mass is 16.5. The van der Waals surface area contributed by atoms with Crippen molar-refractivity contribution in [3.63, 3.8) is 0 Å². The first-order valence-electron chi connectivity index (χ1n) is 2.11. The average Bonchev–Trinajstić information content (AvgIpc) is 1.87. The Morgan fingerprint density at radius 3 is 2.71 bits per heavy atom. The topological polar surface area (TPSA) is 27.5 Å². The molecule has 1 rings (SSSR count). The van der Waals surface area contributed by atoms with Gasteiger partial charge >= 0.3 is 0 Å². The van der Waals surface area contributed by atoms with Crippen LogP contribution >= 0.6 is 0 Å². The molecule has 0 saturated carbocycles. The maximum Gasteiger partial charge on any atom is 0.201 e. The van der Waals surface area contributed by atoms with Crippen LogP contribution in [-0.4, -0.2) is 0 Å². The first-order chi connectivity index (χ1) is 3.29. The van der Waals surface area contributed by atoms with E-state index < -0.39 is 0 Å². The van der Waals surface area contributed by atoms with Crippen molar-refractivity contribution < 1.29 is 5.06 Å². The second-order valence-corrected chi connectivity index (χ2v) is 1.51. The molecular weight excluding hydrogens is 90.1 g/mol. The van der Waals surface area contributed by atoms with Crippen LogP contribution < -0.4 is 5.06 Å². The molecule has 1 radical (unpaired) electrons. The molecule has 1 aliphatic rings. The van der Waals surface area contributed by atoms with E-state index >= 15 is 0 Å². The van der Waals surface area contributed by atoms with Gasteiger partial charge < -0.3 is 10.3 Å². The normalized spacial score (nSPS) is 28.3. The molecule has 0 aliphatic carbocycles. The Morgan fingerprint density at radius 2 is 2.57 bits per heavy atom. The van der Waals surface area contributed by atoms with Crippen molar-refractivity contribution in [3.8, 4) is 0 Å². The molecule has 2 nitrogen and oxygen atoms in total. The van der Waals surface area contributed by atoms with Crippen molar-refractivity contribution in [1.82, 2.24) is 0 Å². The van der Waals surface area contributed by atoms with E-state index in [1.54, 1.807) is 6.08 Å². The Hall–Kier alpha value is -0.600. The molecule has 0 spiro atoms. The number of hydrogen-bond acceptors (Lipinski definition) is 1. The first-order valence-corrected chi connectivity index (χ1v) is 2.11. The SMILES string of the molecule is CC1=[C][NH+]([O-])C=C1. The Balaban J connectivity index is 2.69. The van der Waals surface area contributed by atoms with Crippen LogP contribution in [0.2, 0.25) is 0 Å². The summed E-state index contributed by atoms with van der Waals surface area (Å²) >= 11 is 0. The van der Waals surface area contributed by atoms with Gasteiger partial charge in [0.1, 0.15) is 0 Å². The smallest absolute Gasteiger partial charge is 0.201 e. The van der Waals surface area contributed by atoms with Gasteiger partial charge in [0.05, 0.1) is 6.20 Å². The van der Waals surface area contributed by atoms with Gasteiger partial charge in [-0.3, -0.25) is 0 Å². The molecule has 7 heavy (non-hydrogen) atoms. The van der Waals surface area contributed by atoms with Crippen LogP contribution in [0.4, 0.5) is 0 Å². The second-order valence-electron chi connectivity index (χ2n) is 1.51. The van der Waals surface area contributed by atoms with Gasteiger partial charge in [-0.25, -0.2) is 0 Å². The molecule has 0 aromatic rings. The third-order valence-electron chi connectivity index (χ3n) is 0.805. The summed E-state index contributed by atoms with van der Waals surface area (Å²) in [4.78, 5) is 0. The molecule has 0 aromatic heterocycles. The highest BCUT2D eigenvalue weighted by molar-refractivity contribution is 5.11. The van der Waals surface area contributed by atoms with Crippen molar-refractivity contribution in [1.29, 1.82) is 0 Å². The molecule has 1 atom stereocenters. The summed E-state index contributed by atoms with van der Waals surface area (Å²) in [6, 6.07) is 0. The standard InChI is InChI=1S/C5H6NO/c1-5-2-3-6(7)4-5/h2-3,6H,1H3. The van der Waals surface area contributed by atoms with Crippen molar-refractivity contribution in [2.45, 2.75) is 6.92 Å². The van der Waals surface area contributed by atoms with Crippen LogP contribution in [0.3, 0.4) is 0 Å². The fourth-order valence-electron chi connectivity index (χ4n) is 0.478. The molecule has 1 unspecified atom stereocenters. The van der Waals surface area contributed by atoms with Crippen LogP contribution in [0.25, 0.3) is 0 Å². The third kappa shape index (κ3) is 0.885. The summed E-state index contributed by atoms with van der Waals surface area (Å²) < 4.78 is 0. The lowest BCUT2D eigenvalue weighted by molar-refractivity contribution is -0.741. The summed E-state index contributed by atoms with van der Waals surface area (Å²) in [7, 11) is 0. The molecule has 1 heterocycles. The second kappa shape index (κ2) is 1.48. The van der Waals surface area contributed by atoms with E-state index in [0.29, 0.717) is 0 Å². The Morgan fingerprint density at radius 1 is 1.86 bits per heavy atom. The Kier molecular flexibility index (Phi) is 0.964. The molecule has 37 valence electrons. The van der Waals surface area contributed by atoms with Crippen LogP contribution in [0.15, 0.2) is 17.8 Å². The minimum absolute atomic E-state index is 0.0162. The lowest BCUT2D eigenvalue weighted by atomic mass is 10.4. The molecule has 0 saturated heterocycles. The largest absolute Gasteiger partial charge is 0.624 e. The summed E-state index contributed by atoms with van der Waals surface area (Å²) in [6.45, 7) is 1.85. The zero-order chi connectivity index (χ0) is 5.28. The fourth-order valence-corrected chi connectivity index (χ4v) is 0.478. The zero-order valence-corrected chi connectivity index (χ0v) is 4.06. The van der Waals surface area contributed by atoms with E-state index in [4.69, 9.17) is 0 Å². The van der Waals surface area contributed by atoms with Crippen LogP contribution in [-0.2, 0) is 0 Å². The minimum atomic E-state index is -0.0162. The van der Waals surface area contributed by atoms with Gasteiger partial charge in [-0.1, -0.05) is 0 Å². The van der Waals surface area contributed by atoms with E-state index in [-0.39, 0.29) is 5.06 Å². The van der Waals surface area contributed by atoms with Gasteiger partial charge in [-0.05, 0) is 6.92 Å². The molecule has 0 bridgehead atoms. The number of hydrogen-bond donors (Lipinski definition) is 1. The molecule has 0 aromatic carbocycles. The van der Waals surface area contributed by atoms with E-state index in [0.717, 1.165) is 5.57 Å². The summed E-state index contributed by atoms with van der Waals surface area (Å²) in [6.07, 6.45) is 5.84. The number of nitrogens with one attached hydrogen (secondary N) is 1. The highest BCUT2D eigenvalue weighted by Crippen LogP contribution is 1.90. The van der Waals surface area contributed by atoms with E-state index in [2.05, 4.69) is 6.20 Å². The average molecular weight is 96.1 g/mol. The molecule has 0 fully saturated rings. The van der Waals surface area contributed by atoms with Gasteiger partial charge in [0, 0.05) is 11.6 Å². The molecule has 1 aliphatic heterocycles. The van der Waals surface area contributed by atoms with Gasteiger partial charge in [0.2, 0.25) is 6.20 Å². The van der Waals surface area contributed by atoms with Gasteiger partial charge in [-0.2, -0.15) is 0 Å². The Bertz CT molecular complexity index is 126. The summed E-state index contributed by atoms with van der Waals surface area (Å²) in [5.74, 6) is 0. The van der Waals surface area contributed by atoms with Crippen molar-refractivity contribution in [3.05, 3.63) is 29.3 Å². The quantitative estimate of drug-likeness (QED) is 0.408. The maximum atomic E-state index is 10.2. The fraction of sp³-hybridized carbons (Fsp3) is 0.200. The minimum Gasteiger partial charge on any atom is -0.624 e. The predicted molar refractivity (Wildman–Crippen MR) is 25.9 cm³/mol. The van der Waals surface area contributed by atoms with Gasteiger partial charge in [0.25, 0.3) is 0 Å². The summed E-state index contributed by atoms with van der Waals surface area (Å²) in [5.41, 5.74) is 0.921. The zero-order valence-electron chi connectivity index (χ0n) is 4.06. The van der Waals surface area contributed by atoms with Gasteiger partial charge in [0.15, 0.2) is 0 Å². The van der Waals surface area contributed by atoms with Crippen molar-refractivity contribution in [2.24, 2.45) is 0 Å². The first kappa shape index (κ1) is 4.56. The van der Waals surface area contributed by atoms with E-state index in [1.807, 2.05) is 6.92 Å². The van der Waals surface area contributed by atoms with Crippen molar-refractivity contribution >= 4 is 0 Å². The highest BCUT2D eigenvalue weighted by Gasteiger charge is 1.97. The van der Waals surface area contributed by atoms with Crippen LogP contribution in [0.5, 0.6) is 0 Å². The molecule has 0 amide bonds. The molecule has 1 N–H and O–H groups in total. The van der Waals surface area contributed by atoms with Crippen LogP contribution in [0.1, 0.15) is 6.92 Å². The third-order valence-corrected chi connectivity index (χ3v) is 0.805.